The molecule has 0 radical (unpaired) electrons. The lowest BCUT2D eigenvalue weighted by Gasteiger charge is -2.29. The van der Waals surface area contributed by atoms with E-state index in [0.717, 1.165) is 24.3 Å². The van der Waals surface area contributed by atoms with Crippen LogP contribution in [0.25, 0.3) is 0 Å². The number of ether oxygens (including phenoxy) is 1. The molecule has 1 saturated heterocycles. The predicted molar refractivity (Wildman–Crippen MR) is 125 cm³/mol. The van der Waals surface area contributed by atoms with E-state index in [4.69, 9.17) is 4.74 Å². The van der Waals surface area contributed by atoms with Crippen LogP contribution in [0.15, 0.2) is 48.5 Å². The van der Waals surface area contributed by atoms with Gasteiger partial charge in [0, 0.05) is 36.9 Å². The molecule has 0 bridgehead atoms. The van der Waals surface area contributed by atoms with E-state index in [1.165, 1.54) is 0 Å². The summed E-state index contributed by atoms with van der Waals surface area (Å²) in [5.74, 6) is 0.706. The molecular formula is C24H32N2O4S. The lowest BCUT2D eigenvalue weighted by molar-refractivity contribution is 0.0681. The standard InChI is InChI=1S/C24H32N2O4S/c1-4-25(5-2)21-11-7-19(8-12-21)17-26(22-15-16-31(28,29)18-22)24(27)20-9-13-23(14-10-20)30-6-3/h7-14,22H,4-6,15-18H2,1-3H3. The summed E-state index contributed by atoms with van der Waals surface area (Å²) in [5, 5.41) is 0. The van der Waals surface area contributed by atoms with Crippen LogP contribution in [0.1, 0.15) is 43.1 Å². The number of anilines is 1. The third-order valence-electron chi connectivity index (χ3n) is 5.74. The molecule has 2 aromatic carbocycles. The summed E-state index contributed by atoms with van der Waals surface area (Å²) in [7, 11) is -3.11. The molecule has 0 saturated carbocycles. The maximum Gasteiger partial charge on any atom is 0.254 e. The molecule has 1 aliphatic heterocycles. The molecule has 1 unspecified atom stereocenters. The molecule has 168 valence electrons. The van der Waals surface area contributed by atoms with Crippen molar-refractivity contribution < 1.29 is 17.9 Å². The molecule has 0 aliphatic carbocycles. The third-order valence-corrected chi connectivity index (χ3v) is 7.49. The molecule has 0 spiro atoms. The number of carbonyl (C=O) groups excluding carboxylic acids is 1. The lowest BCUT2D eigenvalue weighted by atomic mass is 10.1. The molecule has 7 heteroatoms. The van der Waals surface area contributed by atoms with Crippen molar-refractivity contribution in [2.75, 3.05) is 36.1 Å². The Morgan fingerprint density at radius 3 is 2.16 bits per heavy atom. The number of carbonyl (C=O) groups is 1. The Bertz CT molecular complexity index is 968. The zero-order valence-electron chi connectivity index (χ0n) is 18.6. The first kappa shape index (κ1) is 23.1. The number of sulfone groups is 1. The first-order chi connectivity index (χ1) is 14.9. The Hall–Kier alpha value is -2.54. The number of rotatable bonds is 9. The van der Waals surface area contributed by atoms with E-state index in [1.807, 2.05) is 19.1 Å². The van der Waals surface area contributed by atoms with Crippen LogP contribution >= 0.6 is 0 Å². The number of benzene rings is 2. The molecule has 1 amide bonds. The Morgan fingerprint density at radius 2 is 1.65 bits per heavy atom. The molecule has 1 aliphatic rings. The summed E-state index contributed by atoms with van der Waals surface area (Å²) in [5.41, 5.74) is 2.66. The van der Waals surface area contributed by atoms with Crippen molar-refractivity contribution in [2.24, 2.45) is 0 Å². The predicted octanol–water partition coefficient (Wildman–Crippen LogP) is 3.76. The van der Waals surface area contributed by atoms with Crippen molar-refractivity contribution in [3.05, 3.63) is 59.7 Å². The maximum absolute atomic E-state index is 13.4. The molecule has 31 heavy (non-hydrogen) atoms. The number of hydrogen-bond donors (Lipinski definition) is 0. The van der Waals surface area contributed by atoms with E-state index in [-0.39, 0.29) is 23.5 Å². The minimum atomic E-state index is -3.11. The fraction of sp³-hybridized carbons (Fsp3) is 0.458. The molecule has 1 atom stereocenters. The van der Waals surface area contributed by atoms with Gasteiger partial charge in [-0.25, -0.2) is 8.42 Å². The number of hydrogen-bond acceptors (Lipinski definition) is 5. The minimum absolute atomic E-state index is 0.0211. The van der Waals surface area contributed by atoms with Crippen LogP contribution < -0.4 is 9.64 Å². The topological polar surface area (TPSA) is 66.9 Å². The summed E-state index contributed by atoms with van der Waals surface area (Å²) < 4.78 is 29.7. The van der Waals surface area contributed by atoms with Gasteiger partial charge in [0.15, 0.2) is 9.84 Å². The van der Waals surface area contributed by atoms with E-state index in [2.05, 4.69) is 30.9 Å². The molecule has 2 aromatic rings. The average Bonchev–Trinajstić information content (AvgIpc) is 3.13. The van der Waals surface area contributed by atoms with Gasteiger partial charge in [-0.15, -0.1) is 0 Å². The Balaban J connectivity index is 1.83. The number of nitrogens with zero attached hydrogens (tertiary/aromatic N) is 2. The average molecular weight is 445 g/mol. The van der Waals surface area contributed by atoms with E-state index >= 15 is 0 Å². The van der Waals surface area contributed by atoms with Crippen molar-refractivity contribution >= 4 is 21.4 Å². The maximum atomic E-state index is 13.4. The van der Waals surface area contributed by atoms with Crippen molar-refractivity contribution in [2.45, 2.75) is 39.8 Å². The highest BCUT2D eigenvalue weighted by Gasteiger charge is 2.35. The Kier molecular flexibility index (Phi) is 7.59. The smallest absolute Gasteiger partial charge is 0.254 e. The molecular weight excluding hydrogens is 412 g/mol. The zero-order valence-corrected chi connectivity index (χ0v) is 19.4. The summed E-state index contributed by atoms with van der Waals surface area (Å²) in [6, 6.07) is 14.9. The highest BCUT2D eigenvalue weighted by molar-refractivity contribution is 7.91. The van der Waals surface area contributed by atoms with Gasteiger partial charge in [-0.1, -0.05) is 12.1 Å². The summed E-state index contributed by atoms with van der Waals surface area (Å²) >= 11 is 0. The largest absolute Gasteiger partial charge is 0.494 e. The second-order valence-electron chi connectivity index (χ2n) is 7.79. The molecule has 0 aromatic heterocycles. The SMILES string of the molecule is CCOc1ccc(C(=O)N(Cc2ccc(N(CC)CC)cc2)C2CCS(=O)(=O)C2)cc1. The van der Waals surface area contributed by atoms with Crippen LogP contribution in [-0.2, 0) is 16.4 Å². The van der Waals surface area contributed by atoms with Gasteiger partial charge in [-0.3, -0.25) is 4.79 Å². The summed E-state index contributed by atoms with van der Waals surface area (Å²) in [6.07, 6.45) is 0.475. The first-order valence-corrected chi connectivity index (χ1v) is 12.8. The normalized spacial score (nSPS) is 17.3. The van der Waals surface area contributed by atoms with Crippen molar-refractivity contribution in [3.8, 4) is 5.75 Å². The van der Waals surface area contributed by atoms with Crippen molar-refractivity contribution in [1.82, 2.24) is 4.90 Å². The van der Waals surface area contributed by atoms with Gasteiger partial charge in [-0.05, 0) is 69.2 Å². The minimum Gasteiger partial charge on any atom is -0.494 e. The Morgan fingerprint density at radius 1 is 1.00 bits per heavy atom. The van der Waals surface area contributed by atoms with Gasteiger partial charge in [0.2, 0.25) is 0 Å². The van der Waals surface area contributed by atoms with Crippen LogP contribution in [0.4, 0.5) is 5.69 Å². The third kappa shape index (κ3) is 5.79. The molecule has 1 fully saturated rings. The van der Waals surface area contributed by atoms with Crippen molar-refractivity contribution in [3.63, 3.8) is 0 Å². The monoisotopic (exact) mass is 444 g/mol. The molecule has 3 rings (SSSR count). The molecule has 6 nitrogen and oxygen atoms in total. The first-order valence-electron chi connectivity index (χ1n) is 10.9. The van der Waals surface area contributed by atoms with Crippen LogP contribution in [0, 0.1) is 0 Å². The van der Waals surface area contributed by atoms with E-state index in [1.54, 1.807) is 29.2 Å². The van der Waals surface area contributed by atoms with Crippen LogP contribution in [0.5, 0.6) is 5.75 Å². The number of amides is 1. The fourth-order valence-corrected chi connectivity index (χ4v) is 5.74. The van der Waals surface area contributed by atoms with Gasteiger partial charge in [0.05, 0.1) is 18.1 Å². The quantitative estimate of drug-likeness (QED) is 0.589. The molecule has 1 heterocycles. The van der Waals surface area contributed by atoms with Crippen LogP contribution in [0.2, 0.25) is 0 Å². The fourth-order valence-electron chi connectivity index (χ4n) is 4.01. The van der Waals surface area contributed by atoms with Gasteiger partial charge in [-0.2, -0.15) is 0 Å². The highest BCUT2D eigenvalue weighted by atomic mass is 32.2. The van der Waals surface area contributed by atoms with E-state index in [0.29, 0.717) is 30.9 Å². The lowest BCUT2D eigenvalue weighted by Crippen LogP contribution is -2.40. The second kappa shape index (κ2) is 10.2. The molecule has 0 N–H and O–H groups in total. The van der Waals surface area contributed by atoms with Gasteiger partial charge < -0.3 is 14.5 Å². The summed E-state index contributed by atoms with van der Waals surface area (Å²) in [6.45, 7) is 8.95. The Labute approximate surface area is 185 Å². The second-order valence-corrected chi connectivity index (χ2v) is 10.0. The zero-order chi connectivity index (χ0) is 22.4. The van der Waals surface area contributed by atoms with Crippen LogP contribution in [-0.4, -0.2) is 56.5 Å². The highest BCUT2D eigenvalue weighted by Crippen LogP contribution is 2.24. The van der Waals surface area contributed by atoms with Crippen LogP contribution in [0.3, 0.4) is 0 Å². The van der Waals surface area contributed by atoms with Gasteiger partial charge in [0.25, 0.3) is 5.91 Å². The van der Waals surface area contributed by atoms with Gasteiger partial charge in [0.1, 0.15) is 5.75 Å². The van der Waals surface area contributed by atoms with E-state index < -0.39 is 9.84 Å². The van der Waals surface area contributed by atoms with Crippen molar-refractivity contribution in [1.29, 1.82) is 0 Å². The van der Waals surface area contributed by atoms with Gasteiger partial charge >= 0.3 is 0 Å². The van der Waals surface area contributed by atoms with E-state index in [9.17, 15) is 13.2 Å². The summed E-state index contributed by atoms with van der Waals surface area (Å²) in [4.78, 5) is 17.3.